The van der Waals surface area contributed by atoms with Gasteiger partial charge in [0.2, 0.25) is 0 Å². The number of piperidine rings is 1. The first-order valence-corrected chi connectivity index (χ1v) is 9.35. The predicted octanol–water partition coefficient (Wildman–Crippen LogP) is 4.50. The fourth-order valence-electron chi connectivity index (χ4n) is 3.52. The molecule has 0 aromatic rings. The largest absolute Gasteiger partial charge is 0.467 e. The zero-order valence-electron chi connectivity index (χ0n) is 15.8. The Hall–Kier alpha value is 0.169. The van der Waals surface area contributed by atoms with Crippen LogP contribution in [0.5, 0.6) is 0 Å². The van der Waals surface area contributed by atoms with E-state index in [-0.39, 0.29) is 34.3 Å². The average Bonchev–Trinajstić information content (AvgIpc) is 2.34. The van der Waals surface area contributed by atoms with Crippen LogP contribution in [-0.4, -0.2) is 40.3 Å². The van der Waals surface area contributed by atoms with E-state index >= 15 is 0 Å². The van der Waals surface area contributed by atoms with Gasteiger partial charge in [-0.2, -0.15) is 0 Å². The summed E-state index contributed by atoms with van der Waals surface area (Å²) in [5.41, 5.74) is 0.194. The molecule has 0 aliphatic carbocycles. The molecule has 0 aromatic heterocycles. The van der Waals surface area contributed by atoms with E-state index in [1.54, 1.807) is 0 Å². The molecule has 3 nitrogen and oxygen atoms in total. The zero-order valence-corrected chi connectivity index (χ0v) is 17.6. The van der Waals surface area contributed by atoms with Gasteiger partial charge >= 0.3 is 0 Å². The first kappa shape index (κ1) is 23.2. The standard InChI is InChI=1S/C18H36N2OS.Cu/c1-7-9-11-20(12-10-8-2)16(22)21-15-13-17(3,4)19-18(5,6)14-15;/h15,19H,7-14H2,1-6H3;. The fraction of sp³-hybridized carbons (Fsp3) is 0.944. The van der Waals surface area contributed by atoms with Crippen LogP contribution in [-0.2, 0) is 21.8 Å². The SMILES string of the molecule is CCCCN(CCCC)C(=S)OC1CC(C)(C)NC(C)(C)C1.[Cu]. The molecule has 23 heavy (non-hydrogen) atoms. The number of nitrogens with zero attached hydrogens (tertiary/aromatic N) is 1. The molecule has 1 fully saturated rings. The van der Waals surface area contributed by atoms with Crippen LogP contribution in [0.3, 0.4) is 0 Å². The van der Waals surface area contributed by atoms with Gasteiger partial charge in [-0.25, -0.2) is 0 Å². The number of unbranched alkanes of at least 4 members (excludes halogenated alkanes) is 2. The number of hydrogen-bond acceptors (Lipinski definition) is 3. The Labute approximate surface area is 159 Å². The number of hydrogen-bond donors (Lipinski definition) is 1. The topological polar surface area (TPSA) is 24.5 Å². The monoisotopic (exact) mass is 391 g/mol. The third kappa shape index (κ3) is 8.71. The van der Waals surface area contributed by atoms with Crippen molar-refractivity contribution in [3.8, 4) is 0 Å². The van der Waals surface area contributed by atoms with Gasteiger partial charge in [-0.05, 0) is 52.8 Å². The number of thiocarbonyl (C=S) groups is 1. The molecule has 1 rings (SSSR count). The Bertz CT molecular complexity index is 337. The van der Waals surface area contributed by atoms with Gasteiger partial charge in [-0.1, -0.05) is 26.7 Å². The number of rotatable bonds is 7. The molecule has 1 aliphatic rings. The third-order valence-electron chi connectivity index (χ3n) is 4.24. The smallest absolute Gasteiger partial charge is 0.259 e. The van der Waals surface area contributed by atoms with Crippen molar-refractivity contribution in [3.63, 3.8) is 0 Å². The average molecular weight is 392 g/mol. The molecule has 0 bridgehead atoms. The second-order valence-corrected chi connectivity index (χ2v) is 8.35. The minimum Gasteiger partial charge on any atom is -0.467 e. The van der Waals surface area contributed by atoms with Gasteiger partial charge in [0.25, 0.3) is 5.17 Å². The van der Waals surface area contributed by atoms with E-state index in [1.807, 2.05) is 0 Å². The van der Waals surface area contributed by atoms with Crippen molar-refractivity contribution in [2.45, 2.75) is 97.2 Å². The summed E-state index contributed by atoms with van der Waals surface area (Å²) in [7, 11) is 0. The maximum Gasteiger partial charge on any atom is 0.259 e. The summed E-state index contributed by atoms with van der Waals surface area (Å²) >= 11 is 5.62. The van der Waals surface area contributed by atoms with Gasteiger partial charge in [0, 0.05) is 54.1 Å². The molecule has 1 radical (unpaired) electrons. The van der Waals surface area contributed by atoms with E-state index in [9.17, 15) is 0 Å². The van der Waals surface area contributed by atoms with Crippen LogP contribution in [0.4, 0.5) is 0 Å². The molecule has 0 atom stereocenters. The maximum atomic E-state index is 6.24. The summed E-state index contributed by atoms with van der Waals surface area (Å²) < 4.78 is 6.24. The molecule has 1 heterocycles. The van der Waals surface area contributed by atoms with E-state index in [1.165, 1.54) is 25.7 Å². The summed E-state index contributed by atoms with van der Waals surface area (Å²) in [4.78, 5) is 2.27. The van der Waals surface area contributed by atoms with E-state index in [4.69, 9.17) is 17.0 Å². The van der Waals surface area contributed by atoms with Gasteiger partial charge in [0.15, 0.2) is 0 Å². The Kier molecular flexibility index (Phi) is 10.3. The third-order valence-corrected chi connectivity index (χ3v) is 4.60. The van der Waals surface area contributed by atoms with E-state index < -0.39 is 0 Å². The molecule has 1 N–H and O–H groups in total. The second-order valence-electron chi connectivity index (χ2n) is 8.00. The van der Waals surface area contributed by atoms with Gasteiger partial charge in [-0.15, -0.1) is 0 Å². The first-order valence-electron chi connectivity index (χ1n) is 8.94. The summed E-state index contributed by atoms with van der Waals surface area (Å²) in [6.07, 6.45) is 6.96. The Balaban J connectivity index is 0.00000484. The fourth-order valence-corrected chi connectivity index (χ4v) is 3.84. The summed E-state index contributed by atoms with van der Waals surface area (Å²) in [6.45, 7) is 15.5. The second kappa shape index (κ2) is 10.2. The predicted molar refractivity (Wildman–Crippen MR) is 99.4 cm³/mol. The van der Waals surface area contributed by atoms with Crippen molar-refractivity contribution in [2.75, 3.05) is 13.1 Å². The van der Waals surface area contributed by atoms with E-state index in [0.717, 1.165) is 25.9 Å². The maximum absolute atomic E-state index is 6.24. The van der Waals surface area contributed by atoms with E-state index in [2.05, 4.69) is 51.8 Å². The van der Waals surface area contributed by atoms with Gasteiger partial charge in [-0.3, -0.25) is 0 Å². The normalized spacial score (nSPS) is 19.7. The van der Waals surface area contributed by atoms with Crippen molar-refractivity contribution in [3.05, 3.63) is 0 Å². The van der Waals surface area contributed by atoms with Crippen molar-refractivity contribution in [2.24, 2.45) is 0 Å². The molecule has 0 unspecified atom stereocenters. The molecule has 0 aromatic carbocycles. The molecular formula is C18H36CuN2OS. The minimum absolute atomic E-state index is 0. The quantitative estimate of drug-likeness (QED) is 0.510. The molecular weight excluding hydrogens is 356 g/mol. The summed E-state index contributed by atoms with van der Waals surface area (Å²) in [5.74, 6) is 0. The Morgan fingerprint density at radius 2 is 1.48 bits per heavy atom. The summed E-state index contributed by atoms with van der Waals surface area (Å²) in [5, 5.41) is 4.40. The van der Waals surface area contributed by atoms with Crippen LogP contribution in [0.2, 0.25) is 0 Å². The Morgan fingerprint density at radius 1 is 1.04 bits per heavy atom. The number of nitrogens with one attached hydrogen (secondary N) is 1. The van der Waals surface area contributed by atoms with Crippen LogP contribution in [0.1, 0.15) is 80.1 Å². The van der Waals surface area contributed by atoms with Crippen molar-refractivity contribution in [1.82, 2.24) is 10.2 Å². The van der Waals surface area contributed by atoms with Crippen molar-refractivity contribution in [1.29, 1.82) is 0 Å². The van der Waals surface area contributed by atoms with Crippen LogP contribution in [0, 0.1) is 0 Å². The molecule has 0 spiro atoms. The van der Waals surface area contributed by atoms with Gasteiger partial charge in [0.1, 0.15) is 6.10 Å². The zero-order chi connectivity index (χ0) is 16.8. The van der Waals surface area contributed by atoms with Gasteiger partial charge < -0.3 is 15.0 Å². The van der Waals surface area contributed by atoms with Crippen molar-refractivity contribution < 1.29 is 21.8 Å². The van der Waals surface area contributed by atoms with Crippen LogP contribution >= 0.6 is 12.2 Å². The Morgan fingerprint density at radius 3 is 1.87 bits per heavy atom. The molecule has 1 saturated heterocycles. The van der Waals surface area contributed by atoms with E-state index in [0.29, 0.717) is 5.17 Å². The number of ether oxygens (including phenoxy) is 1. The van der Waals surface area contributed by atoms with Crippen LogP contribution in [0.15, 0.2) is 0 Å². The van der Waals surface area contributed by atoms with Crippen molar-refractivity contribution >= 4 is 17.4 Å². The molecule has 141 valence electrons. The first-order chi connectivity index (χ1) is 10.2. The molecule has 0 amide bonds. The van der Waals surface area contributed by atoms with Crippen LogP contribution < -0.4 is 5.32 Å². The summed E-state index contributed by atoms with van der Waals surface area (Å²) in [6, 6.07) is 0. The minimum atomic E-state index is 0. The molecule has 0 saturated carbocycles. The molecule has 5 heteroatoms. The molecule has 1 aliphatic heterocycles. The van der Waals surface area contributed by atoms with Crippen LogP contribution in [0.25, 0.3) is 0 Å². The van der Waals surface area contributed by atoms with Gasteiger partial charge in [0.05, 0.1) is 0 Å².